The minimum Gasteiger partial charge on any atom is -0.496 e. The van der Waals surface area contributed by atoms with E-state index < -0.39 is 48.3 Å². The van der Waals surface area contributed by atoms with Gasteiger partial charge in [-0.3, -0.25) is 4.79 Å². The first-order chi connectivity index (χ1) is 28.7. The summed E-state index contributed by atoms with van der Waals surface area (Å²) < 4.78 is 35.5. The van der Waals surface area contributed by atoms with E-state index in [1.807, 2.05) is 97.1 Å². The number of methoxy groups -OCH3 is 1. The maximum atomic E-state index is 13.4. The Morgan fingerprint density at radius 2 is 1.58 bits per heavy atom. The lowest BCUT2D eigenvalue weighted by molar-refractivity contribution is -0.329. The Labute approximate surface area is 345 Å². The van der Waals surface area contributed by atoms with Crippen molar-refractivity contribution in [1.82, 2.24) is 16.0 Å². The average Bonchev–Trinajstić information content (AvgIpc) is 3.24. The van der Waals surface area contributed by atoms with Crippen molar-refractivity contribution in [3.05, 3.63) is 114 Å². The molecule has 314 valence electrons. The van der Waals surface area contributed by atoms with Crippen LogP contribution in [0.1, 0.15) is 68.6 Å². The van der Waals surface area contributed by atoms with Crippen LogP contribution < -0.4 is 20.7 Å². The van der Waals surface area contributed by atoms with Crippen LogP contribution in [0.5, 0.6) is 5.75 Å². The van der Waals surface area contributed by atoms with Crippen molar-refractivity contribution in [2.75, 3.05) is 26.9 Å². The molecule has 6 rings (SSSR count). The maximum absolute atomic E-state index is 13.4. The van der Waals surface area contributed by atoms with Gasteiger partial charge in [0.25, 0.3) is 0 Å². The highest BCUT2D eigenvalue weighted by atomic mass is 16.7. The molecule has 4 aromatic rings. The lowest BCUT2D eigenvalue weighted by Gasteiger charge is -2.47. The number of esters is 1. The van der Waals surface area contributed by atoms with Crippen LogP contribution in [0.2, 0.25) is 0 Å². The second-order valence-corrected chi connectivity index (χ2v) is 14.9. The summed E-state index contributed by atoms with van der Waals surface area (Å²) in [6, 6.07) is 30.1. The molecular formula is C46H55N3O10. The molecule has 4 unspecified atom stereocenters. The van der Waals surface area contributed by atoms with Crippen LogP contribution in [-0.2, 0) is 52.7 Å². The molecule has 1 spiro atoms. The van der Waals surface area contributed by atoms with E-state index in [2.05, 4.69) is 16.0 Å². The summed E-state index contributed by atoms with van der Waals surface area (Å²) in [6.45, 7) is 2.56. The summed E-state index contributed by atoms with van der Waals surface area (Å²) in [5, 5.41) is 10.7. The zero-order valence-electron chi connectivity index (χ0n) is 33.8. The first-order valence-corrected chi connectivity index (χ1v) is 20.5. The van der Waals surface area contributed by atoms with Crippen molar-refractivity contribution < 1.29 is 47.6 Å². The molecular weight excluding hydrogens is 755 g/mol. The molecule has 2 aliphatic rings. The molecule has 3 N–H and O–H groups in total. The molecule has 3 amide bonds. The summed E-state index contributed by atoms with van der Waals surface area (Å²) >= 11 is 0. The van der Waals surface area contributed by atoms with E-state index in [9.17, 15) is 19.2 Å². The number of rotatable bonds is 17. The molecule has 59 heavy (non-hydrogen) atoms. The zero-order chi connectivity index (χ0) is 41.5. The molecule has 2 aliphatic heterocycles. The van der Waals surface area contributed by atoms with Crippen molar-refractivity contribution in [1.29, 1.82) is 0 Å². The Morgan fingerprint density at radius 3 is 2.41 bits per heavy atom. The number of ether oxygens (including phenoxy) is 6. The van der Waals surface area contributed by atoms with E-state index in [-0.39, 0.29) is 51.3 Å². The Morgan fingerprint density at radius 1 is 0.831 bits per heavy atom. The van der Waals surface area contributed by atoms with Crippen molar-refractivity contribution in [2.45, 2.75) is 101 Å². The number of alkyl carbamates (subject to hydrolysis) is 2. The molecule has 2 saturated heterocycles. The number of hydrogen-bond donors (Lipinski definition) is 3. The third-order valence-corrected chi connectivity index (χ3v) is 10.6. The number of benzene rings is 4. The van der Waals surface area contributed by atoms with Gasteiger partial charge in [0.15, 0.2) is 5.79 Å². The van der Waals surface area contributed by atoms with Crippen LogP contribution in [0.25, 0.3) is 10.8 Å². The number of para-hydroxylation sites is 1. The van der Waals surface area contributed by atoms with Gasteiger partial charge in [-0.15, -0.1) is 0 Å². The molecule has 5 atom stereocenters. The van der Waals surface area contributed by atoms with Crippen LogP contribution in [0, 0.1) is 0 Å². The molecule has 13 heteroatoms. The minimum atomic E-state index is -1.13. The lowest BCUT2D eigenvalue weighted by atomic mass is 9.90. The Balaban J connectivity index is 1.07. The van der Waals surface area contributed by atoms with Gasteiger partial charge in [0.1, 0.15) is 24.5 Å². The van der Waals surface area contributed by atoms with Crippen LogP contribution in [-0.4, -0.2) is 81.1 Å². The standard InChI is InChI=1S/C46H55N3O10/c1-3-55-43(51)40(27-32-13-5-4-6-14-32)49-42(50)23-22-36-28-38(57-45(53)48-30-35-18-11-17-33-15-7-9-20-39(33)35)29-46(58-36)25-12-19-37(59-46)31-56-44(52)47-26-24-34-16-8-10-21-41(34)54-2/h4-11,13-18,20-21,36-38,40H,3,12,19,22-31H2,1-2H3,(H,47,52)(H,48,53)(H,49,50)/t36?,37?,38?,40-,46?/m0/s1. The minimum absolute atomic E-state index is 0.00633. The average molecular weight is 810 g/mol. The van der Waals surface area contributed by atoms with Gasteiger partial charge in [-0.05, 0) is 66.1 Å². The number of carbonyl (C=O) groups excluding carboxylic acids is 4. The monoisotopic (exact) mass is 809 g/mol. The third kappa shape index (κ3) is 12.7. The first kappa shape index (κ1) is 42.9. The SMILES string of the molecule is CCOC(=O)[C@H](Cc1ccccc1)NC(=O)CCC1CC(OC(=O)NCc2cccc3ccccc23)CC2(CCCC(COC(=O)NCCc3ccccc3OC)O2)O1. The van der Waals surface area contributed by atoms with Crippen LogP contribution in [0.3, 0.4) is 0 Å². The molecule has 4 aromatic carbocycles. The van der Waals surface area contributed by atoms with Gasteiger partial charge in [-0.1, -0.05) is 91.0 Å². The highest BCUT2D eigenvalue weighted by molar-refractivity contribution is 5.86. The van der Waals surface area contributed by atoms with Gasteiger partial charge in [-0.2, -0.15) is 0 Å². The quantitative estimate of drug-likeness (QED) is 0.0755. The summed E-state index contributed by atoms with van der Waals surface area (Å²) in [5.74, 6) is -1.22. The number of fused-ring (bicyclic) bond motifs is 1. The normalized spacial score (nSPS) is 20.5. The van der Waals surface area contributed by atoms with Gasteiger partial charge in [0.2, 0.25) is 5.91 Å². The number of carbonyl (C=O) groups is 4. The van der Waals surface area contributed by atoms with Crippen LogP contribution >= 0.6 is 0 Å². The Hall–Kier alpha value is -5.66. The summed E-state index contributed by atoms with van der Waals surface area (Å²) in [7, 11) is 1.61. The van der Waals surface area contributed by atoms with Gasteiger partial charge in [0.05, 0.1) is 25.9 Å². The van der Waals surface area contributed by atoms with Crippen molar-refractivity contribution >= 4 is 34.8 Å². The Bertz CT molecular complexity index is 2010. The topological polar surface area (TPSA) is 160 Å². The second kappa shape index (κ2) is 21.4. The van der Waals surface area contributed by atoms with Crippen molar-refractivity contribution in [3.8, 4) is 5.75 Å². The predicted molar refractivity (Wildman–Crippen MR) is 221 cm³/mol. The predicted octanol–water partition coefficient (Wildman–Crippen LogP) is 6.93. The smallest absolute Gasteiger partial charge is 0.407 e. The number of amides is 3. The van der Waals surface area contributed by atoms with Gasteiger partial charge in [-0.25, -0.2) is 14.4 Å². The van der Waals surface area contributed by atoms with Gasteiger partial charge in [0, 0.05) is 45.2 Å². The van der Waals surface area contributed by atoms with Crippen LogP contribution in [0.4, 0.5) is 9.59 Å². The van der Waals surface area contributed by atoms with Gasteiger partial charge >= 0.3 is 18.2 Å². The molecule has 0 bridgehead atoms. The van der Waals surface area contributed by atoms with E-state index in [0.29, 0.717) is 32.2 Å². The van der Waals surface area contributed by atoms with E-state index in [0.717, 1.165) is 39.6 Å². The molecule has 0 aromatic heterocycles. The first-order valence-electron chi connectivity index (χ1n) is 20.5. The fraction of sp³-hybridized carbons (Fsp3) is 0.435. The largest absolute Gasteiger partial charge is 0.496 e. The molecule has 0 radical (unpaired) electrons. The van der Waals surface area contributed by atoms with Crippen molar-refractivity contribution in [3.63, 3.8) is 0 Å². The second-order valence-electron chi connectivity index (χ2n) is 14.9. The lowest BCUT2D eigenvalue weighted by Crippen LogP contribution is -2.54. The van der Waals surface area contributed by atoms with E-state index in [1.54, 1.807) is 14.0 Å². The summed E-state index contributed by atoms with van der Waals surface area (Å²) in [6.07, 6.45) is 0.970. The van der Waals surface area contributed by atoms with E-state index >= 15 is 0 Å². The highest BCUT2D eigenvalue weighted by Crippen LogP contribution is 2.41. The van der Waals surface area contributed by atoms with Crippen molar-refractivity contribution in [2.24, 2.45) is 0 Å². The molecule has 0 aliphatic carbocycles. The zero-order valence-corrected chi connectivity index (χ0v) is 33.8. The molecule has 13 nitrogen and oxygen atoms in total. The van der Waals surface area contributed by atoms with E-state index in [4.69, 9.17) is 28.4 Å². The Kier molecular flexibility index (Phi) is 15.6. The fourth-order valence-electron chi connectivity index (χ4n) is 7.84. The highest BCUT2D eigenvalue weighted by Gasteiger charge is 2.47. The summed E-state index contributed by atoms with van der Waals surface area (Å²) in [5.41, 5.74) is 2.82. The molecule has 2 heterocycles. The van der Waals surface area contributed by atoms with E-state index in [1.165, 1.54) is 0 Å². The number of nitrogens with one attached hydrogen (secondary N) is 3. The molecule has 0 saturated carbocycles. The fourth-order valence-corrected chi connectivity index (χ4v) is 7.84. The number of hydrogen-bond acceptors (Lipinski definition) is 10. The third-order valence-electron chi connectivity index (χ3n) is 10.6. The van der Waals surface area contributed by atoms with Gasteiger partial charge < -0.3 is 44.4 Å². The van der Waals surface area contributed by atoms with Crippen LogP contribution in [0.15, 0.2) is 97.1 Å². The maximum Gasteiger partial charge on any atom is 0.407 e. The molecule has 2 fully saturated rings. The summed E-state index contributed by atoms with van der Waals surface area (Å²) in [4.78, 5) is 52.2.